The molecular formula is C26H25N3O12S4. The second-order valence-corrected chi connectivity index (χ2v) is 15.9. The molecule has 7 N–H and O–H groups in total. The summed E-state index contributed by atoms with van der Waals surface area (Å²) in [5, 5.41) is 1.38. The summed E-state index contributed by atoms with van der Waals surface area (Å²) in [5.41, 5.74) is 7.57. The molecule has 1 amide bonds. The number of carbonyl (C=O) groups is 1. The standard InChI is InChI=1S/C26H25N3O12S4/c1-14-6-15(2)22(27)12-21(14)26(30)28-18-5-3-4-16(7-18)13-42(31,32)29-23-10-19(43(33,34)35)8-17-9-20(44(36,37)38)11-24(25(17)23)45(39,40)41/h3-12,29H,13,27H2,1-2H3,(H,28,30)(H,33,34,35)(H,36,37,38)(H,39,40,41). The molecule has 0 unspecified atom stereocenters. The number of nitrogens with two attached hydrogens (primary N) is 1. The molecular weight excluding hydrogens is 675 g/mol. The Bertz CT molecular complexity index is 2330. The number of hydrogen-bond donors (Lipinski definition) is 6. The molecule has 0 bridgehead atoms. The Labute approximate surface area is 258 Å². The van der Waals surface area contributed by atoms with Crippen LogP contribution in [-0.4, -0.2) is 53.2 Å². The lowest BCUT2D eigenvalue weighted by atomic mass is 10.0. The van der Waals surface area contributed by atoms with Crippen LogP contribution >= 0.6 is 0 Å². The molecule has 0 fully saturated rings. The first-order valence-corrected chi connectivity index (χ1v) is 18.3. The first-order chi connectivity index (χ1) is 20.5. The zero-order chi connectivity index (χ0) is 33.7. The molecule has 4 aromatic rings. The number of sulfonamides is 1. The quantitative estimate of drug-likeness (QED) is 0.109. The highest BCUT2D eigenvalue weighted by molar-refractivity contribution is 7.92. The van der Waals surface area contributed by atoms with Crippen LogP contribution in [0.3, 0.4) is 0 Å². The van der Waals surface area contributed by atoms with Crippen LogP contribution in [-0.2, 0) is 46.1 Å². The van der Waals surface area contributed by atoms with Gasteiger partial charge in [-0.3, -0.25) is 23.2 Å². The Balaban J connectivity index is 1.76. The third-order valence-electron chi connectivity index (χ3n) is 6.50. The monoisotopic (exact) mass is 699 g/mol. The lowest BCUT2D eigenvalue weighted by Crippen LogP contribution is -2.17. The first-order valence-electron chi connectivity index (χ1n) is 12.4. The predicted octanol–water partition coefficient (Wildman–Crippen LogP) is 2.97. The van der Waals surface area contributed by atoms with Crippen LogP contribution in [0.4, 0.5) is 17.1 Å². The fourth-order valence-corrected chi connectivity index (χ4v) is 7.59. The van der Waals surface area contributed by atoms with E-state index in [1.165, 1.54) is 30.3 Å². The minimum Gasteiger partial charge on any atom is -0.398 e. The zero-order valence-electron chi connectivity index (χ0n) is 23.2. The smallest absolute Gasteiger partial charge is 0.295 e. The van der Waals surface area contributed by atoms with Crippen LogP contribution in [0.5, 0.6) is 0 Å². The van der Waals surface area contributed by atoms with E-state index in [0.717, 1.165) is 5.56 Å². The zero-order valence-corrected chi connectivity index (χ0v) is 26.5. The lowest BCUT2D eigenvalue weighted by molar-refractivity contribution is 0.102. The van der Waals surface area contributed by atoms with E-state index in [9.17, 15) is 52.1 Å². The number of nitrogens with one attached hydrogen (secondary N) is 2. The van der Waals surface area contributed by atoms with E-state index in [1.54, 1.807) is 19.9 Å². The van der Waals surface area contributed by atoms with Gasteiger partial charge in [0.1, 0.15) is 4.90 Å². The van der Waals surface area contributed by atoms with E-state index < -0.39 is 83.2 Å². The van der Waals surface area contributed by atoms with Crippen molar-refractivity contribution < 1.29 is 52.1 Å². The lowest BCUT2D eigenvalue weighted by Gasteiger charge is -2.16. The van der Waals surface area contributed by atoms with Crippen molar-refractivity contribution in [1.82, 2.24) is 0 Å². The number of fused-ring (bicyclic) bond motifs is 1. The molecule has 19 heteroatoms. The second-order valence-electron chi connectivity index (χ2n) is 9.95. The summed E-state index contributed by atoms with van der Waals surface area (Å²) in [6.45, 7) is 3.50. The third kappa shape index (κ3) is 7.76. The Hall–Kier alpha value is -4.11. The molecule has 0 saturated heterocycles. The highest BCUT2D eigenvalue weighted by Crippen LogP contribution is 2.36. The normalized spacial score (nSPS) is 12.6. The molecule has 0 spiro atoms. The largest absolute Gasteiger partial charge is 0.398 e. The second kappa shape index (κ2) is 11.7. The number of carbonyl (C=O) groups excluding carboxylic acids is 1. The number of amides is 1. The van der Waals surface area contributed by atoms with E-state index in [-0.39, 0.29) is 16.8 Å². The van der Waals surface area contributed by atoms with Crippen LogP contribution in [0.1, 0.15) is 27.0 Å². The third-order valence-corrected chi connectivity index (χ3v) is 10.3. The SMILES string of the molecule is Cc1cc(C)c(C(=O)Nc2cccc(CS(=O)(=O)Nc3cc(S(=O)(=O)O)cc4cc(S(=O)(=O)O)cc(S(=O)(=O)O)c34)c2)cc1N. The molecule has 0 atom stereocenters. The fourth-order valence-electron chi connectivity index (χ4n) is 4.48. The summed E-state index contributed by atoms with van der Waals surface area (Å²) >= 11 is 0. The van der Waals surface area contributed by atoms with Crippen molar-refractivity contribution in [2.24, 2.45) is 0 Å². The highest BCUT2D eigenvalue weighted by Gasteiger charge is 2.26. The number of benzene rings is 4. The van der Waals surface area contributed by atoms with Crippen LogP contribution in [0.15, 0.2) is 75.4 Å². The van der Waals surface area contributed by atoms with Crippen LogP contribution < -0.4 is 15.8 Å². The van der Waals surface area contributed by atoms with Crippen molar-refractivity contribution in [2.75, 3.05) is 15.8 Å². The maximum Gasteiger partial charge on any atom is 0.295 e. The van der Waals surface area contributed by atoms with Gasteiger partial charge >= 0.3 is 0 Å². The van der Waals surface area contributed by atoms with E-state index in [1.807, 2.05) is 4.72 Å². The minimum absolute atomic E-state index is 0.111. The first kappa shape index (κ1) is 33.8. The molecule has 0 radical (unpaired) electrons. The molecule has 15 nitrogen and oxygen atoms in total. The number of anilines is 3. The van der Waals surface area contributed by atoms with Crippen molar-refractivity contribution in [3.05, 3.63) is 82.9 Å². The van der Waals surface area contributed by atoms with E-state index in [0.29, 0.717) is 35.5 Å². The molecule has 0 aliphatic carbocycles. The average molecular weight is 700 g/mol. The van der Waals surface area contributed by atoms with Gasteiger partial charge in [-0.05, 0) is 78.4 Å². The summed E-state index contributed by atoms with van der Waals surface area (Å²) in [6, 6.07) is 11.0. The van der Waals surface area contributed by atoms with Gasteiger partial charge in [0.25, 0.3) is 36.3 Å². The van der Waals surface area contributed by atoms with Gasteiger partial charge in [-0.15, -0.1) is 0 Å². The Morgan fingerprint density at radius 1 is 0.756 bits per heavy atom. The Kier molecular flexibility index (Phi) is 8.76. The van der Waals surface area contributed by atoms with Gasteiger partial charge in [0.2, 0.25) is 10.0 Å². The van der Waals surface area contributed by atoms with Crippen molar-refractivity contribution in [1.29, 1.82) is 0 Å². The predicted molar refractivity (Wildman–Crippen MR) is 164 cm³/mol. The molecule has 240 valence electrons. The fraction of sp³-hybridized carbons (Fsp3) is 0.115. The minimum atomic E-state index is -5.32. The van der Waals surface area contributed by atoms with Crippen LogP contribution in [0.2, 0.25) is 0 Å². The molecule has 0 aliphatic heterocycles. The molecule has 0 aliphatic rings. The van der Waals surface area contributed by atoms with Gasteiger partial charge in [0.15, 0.2) is 0 Å². The maximum atomic E-state index is 13.3. The molecule has 0 aromatic heterocycles. The summed E-state index contributed by atoms with van der Waals surface area (Å²) < 4.78 is 129. The van der Waals surface area contributed by atoms with Crippen LogP contribution in [0, 0.1) is 13.8 Å². The Morgan fingerprint density at radius 2 is 1.36 bits per heavy atom. The number of nitrogen functional groups attached to an aromatic ring is 1. The van der Waals surface area contributed by atoms with Gasteiger partial charge in [-0.1, -0.05) is 18.2 Å². The van der Waals surface area contributed by atoms with Crippen LogP contribution in [0.25, 0.3) is 10.8 Å². The van der Waals surface area contributed by atoms with Gasteiger partial charge < -0.3 is 11.1 Å². The molecule has 4 aromatic carbocycles. The summed E-state index contributed by atoms with van der Waals surface area (Å²) in [4.78, 5) is 9.64. The van der Waals surface area contributed by atoms with Gasteiger partial charge in [-0.25, -0.2) is 8.42 Å². The number of aryl methyl sites for hydroxylation is 2. The van der Waals surface area contributed by atoms with Gasteiger partial charge in [-0.2, -0.15) is 25.3 Å². The molecule has 45 heavy (non-hydrogen) atoms. The van der Waals surface area contributed by atoms with Crippen molar-refractivity contribution in [3.8, 4) is 0 Å². The van der Waals surface area contributed by atoms with Gasteiger partial charge in [0, 0.05) is 22.3 Å². The van der Waals surface area contributed by atoms with Gasteiger partial charge in [0.05, 0.1) is 21.2 Å². The molecule has 0 saturated carbocycles. The number of rotatable bonds is 9. The summed E-state index contributed by atoms with van der Waals surface area (Å²) in [7, 11) is -20.1. The molecule has 4 rings (SSSR count). The van der Waals surface area contributed by atoms with E-state index in [2.05, 4.69) is 5.32 Å². The molecule has 0 heterocycles. The van der Waals surface area contributed by atoms with E-state index in [4.69, 9.17) is 5.73 Å². The maximum absolute atomic E-state index is 13.3. The van der Waals surface area contributed by atoms with Crippen molar-refractivity contribution >= 4 is 74.1 Å². The highest BCUT2D eigenvalue weighted by atomic mass is 32.2. The van der Waals surface area contributed by atoms with E-state index >= 15 is 0 Å². The Morgan fingerprint density at radius 3 is 1.93 bits per heavy atom. The summed E-state index contributed by atoms with van der Waals surface area (Å²) in [6.07, 6.45) is 0. The number of hydrogen-bond acceptors (Lipinski definition) is 10. The summed E-state index contributed by atoms with van der Waals surface area (Å²) in [5.74, 6) is -1.33. The van der Waals surface area contributed by atoms with Crippen molar-refractivity contribution in [3.63, 3.8) is 0 Å². The van der Waals surface area contributed by atoms with Crippen molar-refractivity contribution in [2.45, 2.75) is 34.3 Å². The average Bonchev–Trinajstić information content (AvgIpc) is 2.88. The topological polar surface area (TPSA) is 264 Å².